The molecule has 10 rings (SSSR count). The molecule has 56 heavy (non-hydrogen) atoms. The van der Waals surface area contributed by atoms with E-state index in [1.807, 2.05) is 60.7 Å². The van der Waals surface area contributed by atoms with Crippen LogP contribution in [0.2, 0.25) is 0 Å². The van der Waals surface area contributed by atoms with Gasteiger partial charge in [-0.3, -0.25) is 0 Å². The molecule has 0 fully saturated rings. The van der Waals surface area contributed by atoms with E-state index >= 15 is 0 Å². The molecule has 0 bridgehead atoms. The Balaban J connectivity index is 0.993. The lowest BCUT2D eigenvalue weighted by Crippen LogP contribution is -2.09. The van der Waals surface area contributed by atoms with Crippen molar-refractivity contribution in [2.24, 2.45) is 0 Å². The molecule has 8 aromatic carbocycles. The zero-order valence-electron chi connectivity index (χ0n) is 30.4. The molecule has 0 atom stereocenters. The van der Waals surface area contributed by atoms with Crippen LogP contribution in [-0.4, -0.2) is 19.5 Å². The molecule has 2 aromatic heterocycles. The zero-order valence-corrected chi connectivity index (χ0v) is 30.4. The predicted molar refractivity (Wildman–Crippen MR) is 231 cm³/mol. The van der Waals surface area contributed by atoms with E-state index < -0.39 is 0 Å². The van der Waals surface area contributed by atoms with Crippen molar-refractivity contribution in [3.05, 3.63) is 212 Å². The molecular formula is C51H35N5. The second kappa shape index (κ2) is 14.3. The van der Waals surface area contributed by atoms with Gasteiger partial charge in [-0.2, -0.15) is 0 Å². The molecule has 0 radical (unpaired) electrons. The Morgan fingerprint density at radius 3 is 1.25 bits per heavy atom. The zero-order chi connectivity index (χ0) is 37.3. The third-order valence-corrected chi connectivity index (χ3v) is 10.2. The molecule has 0 amide bonds. The summed E-state index contributed by atoms with van der Waals surface area (Å²) in [7, 11) is 0. The van der Waals surface area contributed by atoms with Crippen LogP contribution >= 0.6 is 0 Å². The highest BCUT2D eigenvalue weighted by atomic mass is 15.1. The minimum atomic E-state index is 0.643. The number of para-hydroxylation sites is 3. The van der Waals surface area contributed by atoms with Gasteiger partial charge in [0.15, 0.2) is 17.5 Å². The highest BCUT2D eigenvalue weighted by Crippen LogP contribution is 2.40. The normalized spacial score (nSPS) is 11.2. The standard InChI is InChI=1S/C51H35N5/c1-5-15-38(16-6-1)49-52-50(39-17-7-2-8-18-39)54-51(53-49)40-27-25-36(26-28-40)37-29-31-43(32-30-37)56-47-24-14-13-23-45(47)46-35-44(33-34-48(46)56)55(41-19-9-3-10-20-41)42-21-11-4-12-22-42/h1-35H. The fourth-order valence-electron chi connectivity index (χ4n) is 7.53. The first-order chi connectivity index (χ1) is 27.8. The van der Waals surface area contributed by atoms with Gasteiger partial charge in [-0.1, -0.05) is 152 Å². The van der Waals surface area contributed by atoms with Crippen LogP contribution < -0.4 is 4.90 Å². The van der Waals surface area contributed by atoms with E-state index in [1.54, 1.807) is 0 Å². The van der Waals surface area contributed by atoms with Crippen molar-refractivity contribution < 1.29 is 0 Å². The van der Waals surface area contributed by atoms with Crippen molar-refractivity contribution >= 4 is 38.9 Å². The van der Waals surface area contributed by atoms with Crippen LogP contribution in [0.15, 0.2) is 212 Å². The van der Waals surface area contributed by atoms with Gasteiger partial charge in [0.2, 0.25) is 0 Å². The summed E-state index contributed by atoms with van der Waals surface area (Å²) in [5.41, 5.74) is 11.9. The van der Waals surface area contributed by atoms with Gasteiger partial charge in [0.25, 0.3) is 0 Å². The van der Waals surface area contributed by atoms with Gasteiger partial charge in [-0.25, -0.2) is 15.0 Å². The van der Waals surface area contributed by atoms with Crippen LogP contribution in [0.5, 0.6) is 0 Å². The van der Waals surface area contributed by atoms with Crippen molar-refractivity contribution in [1.82, 2.24) is 19.5 Å². The summed E-state index contributed by atoms with van der Waals surface area (Å²) < 4.78 is 2.37. The molecule has 0 unspecified atom stereocenters. The van der Waals surface area contributed by atoms with Crippen LogP contribution in [0, 0.1) is 0 Å². The Kier molecular flexibility index (Phi) is 8.43. The Hall–Kier alpha value is -7.63. The number of fused-ring (bicyclic) bond motifs is 3. The number of benzene rings is 8. The average molecular weight is 718 g/mol. The largest absolute Gasteiger partial charge is 0.310 e. The van der Waals surface area contributed by atoms with Gasteiger partial charge in [0, 0.05) is 50.2 Å². The summed E-state index contributed by atoms with van der Waals surface area (Å²) in [6.45, 7) is 0. The van der Waals surface area contributed by atoms with Crippen molar-refractivity contribution in [1.29, 1.82) is 0 Å². The van der Waals surface area contributed by atoms with E-state index in [0.29, 0.717) is 17.5 Å². The smallest absolute Gasteiger partial charge is 0.164 e. The molecule has 0 aliphatic carbocycles. The van der Waals surface area contributed by atoms with Gasteiger partial charge in [-0.05, 0) is 71.8 Å². The highest BCUT2D eigenvalue weighted by molar-refractivity contribution is 6.10. The van der Waals surface area contributed by atoms with Gasteiger partial charge in [-0.15, -0.1) is 0 Å². The Labute approximate surface area is 325 Å². The Morgan fingerprint density at radius 1 is 0.304 bits per heavy atom. The number of rotatable bonds is 8. The lowest BCUT2D eigenvalue weighted by molar-refractivity contribution is 1.07. The molecule has 2 heterocycles. The van der Waals surface area contributed by atoms with Crippen molar-refractivity contribution in [2.75, 3.05) is 4.90 Å². The summed E-state index contributed by atoms with van der Waals surface area (Å²) >= 11 is 0. The molecule has 10 aromatic rings. The molecular weight excluding hydrogens is 683 g/mol. The van der Waals surface area contributed by atoms with E-state index in [4.69, 9.17) is 15.0 Å². The van der Waals surface area contributed by atoms with Crippen LogP contribution in [0.1, 0.15) is 0 Å². The maximum absolute atomic E-state index is 4.91. The van der Waals surface area contributed by atoms with Crippen LogP contribution in [0.4, 0.5) is 17.1 Å². The minimum absolute atomic E-state index is 0.643. The topological polar surface area (TPSA) is 46.8 Å². The third-order valence-electron chi connectivity index (χ3n) is 10.2. The number of nitrogens with zero attached hydrogens (tertiary/aromatic N) is 5. The van der Waals surface area contributed by atoms with Gasteiger partial charge in [0.05, 0.1) is 11.0 Å². The molecule has 0 N–H and O–H groups in total. The monoisotopic (exact) mass is 717 g/mol. The highest BCUT2D eigenvalue weighted by Gasteiger charge is 2.18. The molecule has 0 aliphatic rings. The number of anilines is 3. The SMILES string of the molecule is c1ccc(-c2nc(-c3ccccc3)nc(-c3ccc(-c4ccc(-n5c6ccccc6c6cc(N(c7ccccc7)c7ccccc7)ccc65)cc4)cc3)n2)cc1. The first kappa shape index (κ1) is 33.0. The first-order valence-electron chi connectivity index (χ1n) is 18.8. The maximum atomic E-state index is 4.91. The van der Waals surface area contributed by atoms with Crippen LogP contribution in [-0.2, 0) is 0 Å². The fourth-order valence-corrected chi connectivity index (χ4v) is 7.53. The molecule has 5 heteroatoms. The summed E-state index contributed by atoms with van der Waals surface area (Å²) in [5, 5.41) is 2.42. The quantitative estimate of drug-likeness (QED) is 0.157. The lowest BCUT2D eigenvalue weighted by Gasteiger charge is -2.25. The third kappa shape index (κ3) is 6.17. The summed E-state index contributed by atoms with van der Waals surface area (Å²) in [4.78, 5) is 17.0. The predicted octanol–water partition coefficient (Wildman–Crippen LogP) is 13.1. The number of hydrogen-bond acceptors (Lipinski definition) is 4. The van der Waals surface area contributed by atoms with E-state index in [2.05, 4.69) is 161 Å². The Morgan fingerprint density at radius 2 is 0.714 bits per heavy atom. The minimum Gasteiger partial charge on any atom is -0.310 e. The summed E-state index contributed by atoms with van der Waals surface area (Å²) in [6.07, 6.45) is 0. The molecule has 0 aliphatic heterocycles. The van der Waals surface area contributed by atoms with E-state index in [1.165, 1.54) is 16.3 Å². The second-order valence-corrected chi connectivity index (χ2v) is 13.7. The molecule has 0 spiro atoms. The van der Waals surface area contributed by atoms with E-state index in [9.17, 15) is 0 Å². The van der Waals surface area contributed by atoms with Gasteiger partial charge >= 0.3 is 0 Å². The average Bonchev–Trinajstić information content (AvgIpc) is 3.61. The van der Waals surface area contributed by atoms with Crippen LogP contribution in [0.3, 0.4) is 0 Å². The second-order valence-electron chi connectivity index (χ2n) is 13.7. The molecule has 5 nitrogen and oxygen atoms in total. The first-order valence-corrected chi connectivity index (χ1v) is 18.8. The summed E-state index contributed by atoms with van der Waals surface area (Å²) in [5.74, 6) is 1.95. The van der Waals surface area contributed by atoms with Crippen molar-refractivity contribution in [3.8, 4) is 51.0 Å². The van der Waals surface area contributed by atoms with Crippen LogP contribution in [0.25, 0.3) is 72.8 Å². The number of hydrogen-bond donors (Lipinski definition) is 0. The van der Waals surface area contributed by atoms with Crippen molar-refractivity contribution in [3.63, 3.8) is 0 Å². The van der Waals surface area contributed by atoms with E-state index in [-0.39, 0.29) is 0 Å². The Bertz CT molecular complexity index is 2830. The van der Waals surface area contributed by atoms with Gasteiger partial charge < -0.3 is 9.47 Å². The van der Waals surface area contributed by atoms with E-state index in [0.717, 1.165) is 56.1 Å². The maximum Gasteiger partial charge on any atom is 0.164 e. The summed E-state index contributed by atoms with van der Waals surface area (Å²) in [6, 6.07) is 74.1. The lowest BCUT2D eigenvalue weighted by atomic mass is 10.0. The van der Waals surface area contributed by atoms with Crippen molar-refractivity contribution in [2.45, 2.75) is 0 Å². The number of aromatic nitrogens is 4. The molecule has 0 saturated carbocycles. The van der Waals surface area contributed by atoms with Gasteiger partial charge in [0.1, 0.15) is 0 Å². The molecule has 0 saturated heterocycles. The fraction of sp³-hybridized carbons (Fsp3) is 0. The molecule has 264 valence electrons.